The second kappa shape index (κ2) is 10.1. The molecule has 0 aromatic carbocycles. The number of hydrogen-bond acceptors (Lipinski definition) is 5. The molecule has 2 N–H and O–H groups in total. The Morgan fingerprint density at radius 3 is 2.48 bits per heavy atom. The van der Waals surface area contributed by atoms with Crippen LogP contribution in [0.2, 0.25) is 0 Å². The Labute approximate surface area is 170 Å². The van der Waals surface area contributed by atoms with Crippen molar-refractivity contribution in [1.82, 2.24) is 14.8 Å². The Morgan fingerprint density at radius 2 is 1.84 bits per heavy atom. The number of halogens is 1. The van der Waals surface area contributed by atoms with Crippen LogP contribution in [-0.2, 0) is 4.79 Å². The van der Waals surface area contributed by atoms with Crippen LogP contribution in [0, 0.1) is 0 Å². The summed E-state index contributed by atoms with van der Waals surface area (Å²) >= 11 is 1.66. The Bertz CT molecular complexity index is 553. The van der Waals surface area contributed by atoms with Gasteiger partial charge in [-0.2, -0.15) is 0 Å². The number of piperidine rings is 1. The topological polar surface area (TPSA) is 78.1 Å². The molecule has 25 heavy (non-hydrogen) atoms. The maximum Gasteiger partial charge on any atom is 0.224 e. The number of rotatable bonds is 4. The van der Waals surface area contributed by atoms with Gasteiger partial charge < -0.3 is 20.4 Å². The van der Waals surface area contributed by atoms with Gasteiger partial charge in [0.15, 0.2) is 11.1 Å². The van der Waals surface area contributed by atoms with Crippen LogP contribution < -0.4 is 10.6 Å². The molecule has 0 aliphatic carbocycles. The highest BCUT2D eigenvalue weighted by Gasteiger charge is 2.20. The van der Waals surface area contributed by atoms with Crippen molar-refractivity contribution in [2.75, 3.05) is 50.7 Å². The third-order valence-corrected chi connectivity index (χ3v) is 5.43. The maximum atomic E-state index is 12.1. The monoisotopic (exact) mass is 478 g/mol. The zero-order chi connectivity index (χ0) is 16.8. The molecule has 3 heterocycles. The van der Waals surface area contributed by atoms with Crippen molar-refractivity contribution in [2.24, 2.45) is 10.7 Å². The number of nitrogens with two attached hydrogens (primary N) is 1. The minimum absolute atomic E-state index is 0. The van der Waals surface area contributed by atoms with E-state index in [1.165, 1.54) is 6.42 Å². The zero-order valence-corrected chi connectivity index (χ0v) is 17.6. The van der Waals surface area contributed by atoms with Gasteiger partial charge in [-0.15, -0.1) is 35.3 Å². The van der Waals surface area contributed by atoms with Gasteiger partial charge in [0.1, 0.15) is 0 Å². The van der Waals surface area contributed by atoms with Gasteiger partial charge in [-0.05, 0) is 19.3 Å². The highest BCUT2D eigenvalue weighted by molar-refractivity contribution is 14.0. The van der Waals surface area contributed by atoms with Crippen LogP contribution in [-0.4, -0.2) is 72.5 Å². The number of likely N-dealkylation sites (tertiary alicyclic amines) is 1. The summed E-state index contributed by atoms with van der Waals surface area (Å²) in [5, 5.41) is 3.06. The van der Waals surface area contributed by atoms with E-state index in [2.05, 4.69) is 19.8 Å². The van der Waals surface area contributed by atoms with Crippen molar-refractivity contribution >= 4 is 52.3 Å². The molecule has 2 fully saturated rings. The summed E-state index contributed by atoms with van der Waals surface area (Å²) in [5.74, 6) is 0.764. The van der Waals surface area contributed by atoms with E-state index in [1.807, 2.05) is 16.5 Å². The molecule has 1 aromatic heterocycles. The highest BCUT2D eigenvalue weighted by atomic mass is 127. The van der Waals surface area contributed by atoms with Gasteiger partial charge in [0.25, 0.3) is 0 Å². The van der Waals surface area contributed by atoms with Gasteiger partial charge >= 0.3 is 0 Å². The lowest BCUT2D eigenvalue weighted by atomic mass is 10.1. The van der Waals surface area contributed by atoms with E-state index in [1.54, 1.807) is 11.3 Å². The van der Waals surface area contributed by atoms with Crippen LogP contribution in [0.5, 0.6) is 0 Å². The normalized spacial score (nSPS) is 18.9. The summed E-state index contributed by atoms with van der Waals surface area (Å²) in [6.45, 7) is 5.76. The first-order chi connectivity index (χ1) is 11.7. The molecule has 0 unspecified atom stereocenters. The van der Waals surface area contributed by atoms with Crippen LogP contribution in [0.25, 0.3) is 0 Å². The SMILES string of the molecule is I.NC(=NCCC(=O)N1CCCCC1)N1CCN(c2nccs2)CC1. The number of anilines is 1. The fourth-order valence-corrected chi connectivity index (χ4v) is 3.86. The third-order valence-electron chi connectivity index (χ3n) is 4.60. The summed E-state index contributed by atoms with van der Waals surface area (Å²) in [6, 6.07) is 0. The van der Waals surface area contributed by atoms with Crippen LogP contribution in [0.4, 0.5) is 5.13 Å². The summed E-state index contributed by atoms with van der Waals surface area (Å²) in [6.07, 6.45) is 5.78. The molecular formula is C16H27IN6OS. The van der Waals surface area contributed by atoms with Crippen LogP contribution in [0.3, 0.4) is 0 Å². The molecule has 1 aromatic rings. The first-order valence-corrected chi connectivity index (χ1v) is 9.59. The molecule has 0 radical (unpaired) electrons. The molecular weight excluding hydrogens is 451 g/mol. The highest BCUT2D eigenvalue weighted by Crippen LogP contribution is 2.18. The van der Waals surface area contributed by atoms with E-state index in [0.29, 0.717) is 18.9 Å². The first-order valence-electron chi connectivity index (χ1n) is 8.71. The van der Waals surface area contributed by atoms with E-state index in [0.717, 1.165) is 57.2 Å². The van der Waals surface area contributed by atoms with Gasteiger partial charge in [0.2, 0.25) is 5.91 Å². The largest absolute Gasteiger partial charge is 0.370 e. The Kier molecular flexibility index (Phi) is 8.20. The van der Waals surface area contributed by atoms with Crippen molar-refractivity contribution < 1.29 is 4.79 Å². The maximum absolute atomic E-state index is 12.1. The quantitative estimate of drug-likeness (QED) is 0.404. The van der Waals surface area contributed by atoms with E-state index in [-0.39, 0.29) is 29.9 Å². The number of carbonyl (C=O) groups is 1. The number of piperazine rings is 1. The van der Waals surface area contributed by atoms with Gasteiger partial charge in [0, 0.05) is 57.3 Å². The first kappa shape index (κ1) is 20.2. The number of nitrogens with zero attached hydrogens (tertiary/aromatic N) is 5. The zero-order valence-electron chi connectivity index (χ0n) is 14.5. The number of amides is 1. The molecule has 0 bridgehead atoms. The minimum atomic E-state index is 0. The molecule has 7 nitrogen and oxygen atoms in total. The molecule has 1 amide bonds. The standard InChI is InChI=1S/C16H26N6OS.HI/c17-15(18-5-4-14(23)20-7-2-1-3-8-20)21-9-11-22(12-10-21)16-19-6-13-24-16;/h6,13H,1-5,7-12H2,(H2,17,18);1H. The number of guanidine groups is 1. The summed E-state index contributed by atoms with van der Waals surface area (Å²) < 4.78 is 0. The number of hydrogen-bond donors (Lipinski definition) is 1. The molecule has 140 valence electrons. The lowest BCUT2D eigenvalue weighted by molar-refractivity contribution is -0.131. The third kappa shape index (κ3) is 5.70. The van der Waals surface area contributed by atoms with E-state index >= 15 is 0 Å². The molecule has 0 spiro atoms. The molecule has 2 aliphatic rings. The Hall–Kier alpha value is -1.10. The van der Waals surface area contributed by atoms with Crippen molar-refractivity contribution in [2.45, 2.75) is 25.7 Å². The smallest absolute Gasteiger partial charge is 0.224 e. The van der Waals surface area contributed by atoms with E-state index < -0.39 is 0 Å². The molecule has 0 atom stereocenters. The fourth-order valence-electron chi connectivity index (χ4n) is 3.17. The number of carbonyl (C=O) groups excluding carboxylic acids is 1. The predicted octanol–water partition coefficient (Wildman–Crippen LogP) is 1.60. The molecule has 2 aliphatic heterocycles. The van der Waals surface area contributed by atoms with Gasteiger partial charge in [0.05, 0.1) is 6.54 Å². The summed E-state index contributed by atoms with van der Waals surface area (Å²) in [4.78, 5) is 27.2. The Morgan fingerprint density at radius 1 is 1.12 bits per heavy atom. The average Bonchev–Trinajstić information content (AvgIpc) is 3.17. The van der Waals surface area contributed by atoms with Crippen LogP contribution in [0.15, 0.2) is 16.6 Å². The minimum Gasteiger partial charge on any atom is -0.370 e. The number of aromatic nitrogens is 1. The predicted molar refractivity (Wildman–Crippen MR) is 113 cm³/mol. The van der Waals surface area contributed by atoms with Gasteiger partial charge in [-0.3, -0.25) is 9.79 Å². The van der Waals surface area contributed by atoms with Crippen molar-refractivity contribution in [3.63, 3.8) is 0 Å². The lowest BCUT2D eigenvalue weighted by Gasteiger charge is -2.35. The number of aliphatic imine (C=N–C) groups is 1. The Balaban J connectivity index is 0.00000225. The van der Waals surface area contributed by atoms with Crippen molar-refractivity contribution in [3.05, 3.63) is 11.6 Å². The molecule has 0 saturated carbocycles. The average molecular weight is 478 g/mol. The van der Waals surface area contributed by atoms with Crippen LogP contribution in [0.1, 0.15) is 25.7 Å². The summed E-state index contributed by atoms with van der Waals surface area (Å²) in [5.41, 5.74) is 6.10. The molecule has 3 rings (SSSR count). The number of thiazole rings is 1. The second-order valence-corrected chi connectivity index (χ2v) is 7.09. The van der Waals surface area contributed by atoms with Gasteiger partial charge in [-0.1, -0.05) is 0 Å². The second-order valence-electron chi connectivity index (χ2n) is 6.22. The lowest BCUT2D eigenvalue weighted by Crippen LogP contribution is -2.51. The molecule has 9 heteroatoms. The van der Waals surface area contributed by atoms with Crippen molar-refractivity contribution in [3.8, 4) is 0 Å². The molecule has 2 saturated heterocycles. The summed E-state index contributed by atoms with van der Waals surface area (Å²) in [7, 11) is 0. The van der Waals surface area contributed by atoms with E-state index in [9.17, 15) is 4.79 Å². The van der Waals surface area contributed by atoms with Gasteiger partial charge in [-0.25, -0.2) is 4.98 Å². The van der Waals surface area contributed by atoms with E-state index in [4.69, 9.17) is 5.73 Å². The van der Waals surface area contributed by atoms with Crippen molar-refractivity contribution in [1.29, 1.82) is 0 Å². The fraction of sp³-hybridized carbons (Fsp3) is 0.688. The van der Waals surface area contributed by atoms with Crippen LogP contribution >= 0.6 is 35.3 Å².